The fraction of sp³-hybridized carbons (Fsp3) is 0.938. The lowest BCUT2D eigenvalue weighted by molar-refractivity contribution is -0.123. The molecule has 2 N–H and O–H groups in total. The predicted octanol–water partition coefficient (Wildman–Crippen LogP) is 0.230. The molecule has 2 fully saturated rings. The molecule has 0 spiro atoms. The zero-order valence-electron chi connectivity index (χ0n) is 13.8. The molecular weight excluding hydrogens is 282 g/mol. The van der Waals surface area contributed by atoms with Crippen LogP contribution in [0.4, 0.5) is 0 Å². The maximum absolute atomic E-state index is 12.0. The maximum atomic E-state index is 12.0. The topological polar surface area (TPSA) is 62.8 Å². The largest absolute Gasteiger partial charge is 0.382 e. The van der Waals surface area contributed by atoms with E-state index in [0.717, 1.165) is 52.2 Å². The van der Waals surface area contributed by atoms with Crippen molar-refractivity contribution in [3.05, 3.63) is 0 Å². The first-order valence-corrected chi connectivity index (χ1v) is 8.59. The molecule has 0 radical (unpaired) electrons. The minimum Gasteiger partial charge on any atom is -0.382 e. The Morgan fingerprint density at radius 3 is 2.95 bits per heavy atom. The highest BCUT2D eigenvalue weighted by atomic mass is 16.5. The highest BCUT2D eigenvalue weighted by Gasteiger charge is 2.24. The van der Waals surface area contributed by atoms with Crippen molar-refractivity contribution in [1.29, 1.82) is 0 Å². The molecule has 2 saturated heterocycles. The summed E-state index contributed by atoms with van der Waals surface area (Å²) in [5, 5.41) is 6.37. The number of ether oxygens (including phenoxy) is 2. The minimum absolute atomic E-state index is 0.0360. The van der Waals surface area contributed by atoms with Crippen LogP contribution in [0.3, 0.4) is 0 Å². The molecule has 2 atom stereocenters. The van der Waals surface area contributed by atoms with Crippen molar-refractivity contribution in [3.63, 3.8) is 0 Å². The first kappa shape index (κ1) is 17.7. The van der Waals surface area contributed by atoms with E-state index in [1.54, 1.807) is 7.11 Å². The monoisotopic (exact) mass is 313 g/mol. The lowest BCUT2D eigenvalue weighted by Gasteiger charge is -2.32. The SMILES string of the molecule is COCCOCCN1CCCC(CNC(=O)C2CCCN2)C1. The van der Waals surface area contributed by atoms with Gasteiger partial charge in [-0.1, -0.05) is 0 Å². The number of nitrogens with zero attached hydrogens (tertiary/aromatic N) is 1. The van der Waals surface area contributed by atoms with Crippen LogP contribution in [-0.4, -0.2) is 76.5 Å². The average Bonchev–Trinajstić information content (AvgIpc) is 3.07. The van der Waals surface area contributed by atoms with Gasteiger partial charge >= 0.3 is 0 Å². The van der Waals surface area contributed by atoms with Gasteiger partial charge in [-0.25, -0.2) is 0 Å². The number of hydrogen-bond donors (Lipinski definition) is 2. The van der Waals surface area contributed by atoms with Crippen LogP contribution in [0.15, 0.2) is 0 Å². The number of nitrogens with one attached hydrogen (secondary N) is 2. The number of carbonyl (C=O) groups is 1. The number of methoxy groups -OCH3 is 1. The van der Waals surface area contributed by atoms with E-state index in [9.17, 15) is 4.79 Å². The molecule has 0 saturated carbocycles. The summed E-state index contributed by atoms with van der Waals surface area (Å²) in [5.41, 5.74) is 0. The van der Waals surface area contributed by atoms with Crippen LogP contribution in [-0.2, 0) is 14.3 Å². The molecule has 2 aliphatic rings. The number of likely N-dealkylation sites (tertiary alicyclic amines) is 1. The van der Waals surface area contributed by atoms with E-state index >= 15 is 0 Å². The van der Waals surface area contributed by atoms with E-state index in [4.69, 9.17) is 9.47 Å². The Labute approximate surface area is 133 Å². The van der Waals surface area contributed by atoms with Gasteiger partial charge < -0.3 is 25.0 Å². The van der Waals surface area contributed by atoms with Crippen LogP contribution in [0.25, 0.3) is 0 Å². The summed E-state index contributed by atoms with van der Waals surface area (Å²) in [7, 11) is 1.69. The van der Waals surface area contributed by atoms with Crippen molar-refractivity contribution in [2.75, 3.05) is 59.7 Å². The van der Waals surface area contributed by atoms with E-state index in [2.05, 4.69) is 15.5 Å². The Kier molecular flexibility index (Phi) is 8.15. The Morgan fingerprint density at radius 1 is 1.27 bits per heavy atom. The molecule has 2 unspecified atom stereocenters. The first-order chi connectivity index (χ1) is 10.8. The summed E-state index contributed by atoms with van der Waals surface area (Å²) < 4.78 is 10.5. The lowest BCUT2D eigenvalue weighted by atomic mass is 9.98. The predicted molar refractivity (Wildman–Crippen MR) is 85.9 cm³/mol. The van der Waals surface area contributed by atoms with Gasteiger partial charge in [0.1, 0.15) is 0 Å². The fourth-order valence-electron chi connectivity index (χ4n) is 3.24. The maximum Gasteiger partial charge on any atom is 0.237 e. The smallest absolute Gasteiger partial charge is 0.237 e. The molecule has 1 amide bonds. The molecule has 0 aromatic rings. The van der Waals surface area contributed by atoms with Crippen LogP contribution < -0.4 is 10.6 Å². The molecule has 6 heteroatoms. The van der Waals surface area contributed by atoms with Crippen LogP contribution >= 0.6 is 0 Å². The molecule has 0 bridgehead atoms. The van der Waals surface area contributed by atoms with Gasteiger partial charge in [0.05, 0.1) is 25.9 Å². The van der Waals surface area contributed by atoms with Crippen LogP contribution in [0.1, 0.15) is 25.7 Å². The third kappa shape index (κ3) is 6.20. The van der Waals surface area contributed by atoms with Crippen LogP contribution in [0.5, 0.6) is 0 Å². The molecule has 0 aliphatic carbocycles. The van der Waals surface area contributed by atoms with Crippen LogP contribution in [0, 0.1) is 5.92 Å². The third-order valence-corrected chi connectivity index (χ3v) is 4.53. The van der Waals surface area contributed by atoms with Crippen molar-refractivity contribution in [3.8, 4) is 0 Å². The molecular formula is C16H31N3O3. The molecule has 2 aliphatic heterocycles. The molecule has 2 heterocycles. The fourth-order valence-corrected chi connectivity index (χ4v) is 3.24. The highest BCUT2D eigenvalue weighted by Crippen LogP contribution is 2.15. The van der Waals surface area contributed by atoms with Gasteiger partial charge in [0.15, 0.2) is 0 Å². The molecule has 2 rings (SSSR count). The van der Waals surface area contributed by atoms with E-state index in [1.807, 2.05) is 0 Å². The van der Waals surface area contributed by atoms with Crippen molar-refractivity contribution < 1.29 is 14.3 Å². The molecule has 0 aromatic carbocycles. The molecule has 0 aromatic heterocycles. The van der Waals surface area contributed by atoms with E-state index in [-0.39, 0.29) is 11.9 Å². The summed E-state index contributed by atoms with van der Waals surface area (Å²) in [6.07, 6.45) is 4.50. The quantitative estimate of drug-likeness (QED) is 0.597. The second kappa shape index (κ2) is 10.2. The van der Waals surface area contributed by atoms with Crippen molar-refractivity contribution in [2.24, 2.45) is 5.92 Å². The molecule has 22 heavy (non-hydrogen) atoms. The Balaban J connectivity index is 1.57. The zero-order chi connectivity index (χ0) is 15.6. The standard InChI is InChI=1S/C16H31N3O3/c1-21-10-11-22-9-8-19-7-3-4-14(13-19)12-18-16(20)15-5-2-6-17-15/h14-15,17H,2-13H2,1H3,(H,18,20). The van der Waals surface area contributed by atoms with Gasteiger partial charge in [0, 0.05) is 26.7 Å². The summed E-state index contributed by atoms with van der Waals surface area (Å²) >= 11 is 0. The zero-order valence-corrected chi connectivity index (χ0v) is 13.8. The van der Waals surface area contributed by atoms with Crippen molar-refractivity contribution >= 4 is 5.91 Å². The Bertz CT molecular complexity index is 322. The van der Waals surface area contributed by atoms with E-state index < -0.39 is 0 Å². The van der Waals surface area contributed by atoms with Gasteiger partial charge in [-0.05, 0) is 44.7 Å². The first-order valence-electron chi connectivity index (χ1n) is 8.59. The molecule has 6 nitrogen and oxygen atoms in total. The summed E-state index contributed by atoms with van der Waals surface area (Å²) in [6, 6.07) is 0.0360. The number of hydrogen-bond acceptors (Lipinski definition) is 5. The van der Waals surface area contributed by atoms with E-state index in [0.29, 0.717) is 19.1 Å². The van der Waals surface area contributed by atoms with Gasteiger partial charge in [-0.2, -0.15) is 0 Å². The van der Waals surface area contributed by atoms with Gasteiger partial charge in [0.2, 0.25) is 5.91 Å². The number of amides is 1. The third-order valence-electron chi connectivity index (χ3n) is 4.53. The second-order valence-corrected chi connectivity index (χ2v) is 6.31. The average molecular weight is 313 g/mol. The van der Waals surface area contributed by atoms with Gasteiger partial charge in [-0.3, -0.25) is 4.79 Å². The number of rotatable bonds is 9. The number of piperidine rings is 1. The van der Waals surface area contributed by atoms with Crippen molar-refractivity contribution in [2.45, 2.75) is 31.7 Å². The molecule has 128 valence electrons. The lowest BCUT2D eigenvalue weighted by Crippen LogP contribution is -2.46. The van der Waals surface area contributed by atoms with Crippen LogP contribution in [0.2, 0.25) is 0 Å². The normalized spacial score (nSPS) is 26.2. The van der Waals surface area contributed by atoms with Gasteiger partial charge in [-0.15, -0.1) is 0 Å². The van der Waals surface area contributed by atoms with Crippen molar-refractivity contribution in [1.82, 2.24) is 15.5 Å². The van der Waals surface area contributed by atoms with Gasteiger partial charge in [0.25, 0.3) is 0 Å². The highest BCUT2D eigenvalue weighted by molar-refractivity contribution is 5.81. The van der Waals surface area contributed by atoms with E-state index in [1.165, 1.54) is 12.8 Å². The number of carbonyl (C=O) groups excluding carboxylic acids is 1. The summed E-state index contributed by atoms with van der Waals surface area (Å²) in [6.45, 7) is 7.03. The second-order valence-electron chi connectivity index (χ2n) is 6.31. The summed E-state index contributed by atoms with van der Waals surface area (Å²) in [5.74, 6) is 0.746. The minimum atomic E-state index is 0.0360. The Hall–Kier alpha value is -0.690. The Morgan fingerprint density at radius 2 is 2.18 bits per heavy atom. The summed E-state index contributed by atoms with van der Waals surface area (Å²) in [4.78, 5) is 14.5.